The lowest BCUT2D eigenvalue weighted by Gasteiger charge is -2.48. The number of carbonyl (C=O) groups excluding carboxylic acids is 4. The predicted octanol–water partition coefficient (Wildman–Crippen LogP) is 0.635. The number of methoxy groups -OCH3 is 1. The van der Waals surface area contributed by atoms with Gasteiger partial charge in [-0.3, -0.25) is 19.3 Å². The molecule has 2 aliphatic rings. The van der Waals surface area contributed by atoms with Crippen LogP contribution in [-0.2, 0) is 14.3 Å². The number of nitrogens with two attached hydrogens (primary N) is 1. The Morgan fingerprint density at radius 2 is 2.32 bits per heavy atom. The van der Waals surface area contributed by atoms with Crippen molar-refractivity contribution in [1.29, 1.82) is 0 Å². The number of thioether (sulfide) groups is 2. The Morgan fingerprint density at radius 1 is 1.56 bits per heavy atom. The lowest BCUT2D eigenvalue weighted by Crippen LogP contribution is -2.68. The molecular weight excluding hydrogens is 368 g/mol. The lowest BCUT2D eigenvalue weighted by atomic mass is 10.0. The highest BCUT2D eigenvalue weighted by Crippen LogP contribution is 2.40. The third kappa shape index (κ3) is 3.00. The van der Waals surface area contributed by atoms with E-state index < -0.39 is 12.0 Å². The van der Waals surface area contributed by atoms with Gasteiger partial charge >= 0.3 is 5.97 Å². The summed E-state index contributed by atoms with van der Waals surface area (Å²) in [5, 5.41) is -0.645. The van der Waals surface area contributed by atoms with Gasteiger partial charge in [0, 0.05) is 11.5 Å². The summed E-state index contributed by atoms with van der Waals surface area (Å²) in [7, 11) is 1.23. The van der Waals surface area contributed by atoms with Gasteiger partial charge in [0.1, 0.15) is 17.1 Å². The monoisotopic (exact) mass is 382 g/mol. The molecule has 132 valence electrons. The maximum Gasteiger partial charge on any atom is 0.354 e. The van der Waals surface area contributed by atoms with Gasteiger partial charge in [0.2, 0.25) is 11.0 Å². The molecular formula is C15H14N2O6S2. The zero-order valence-electron chi connectivity index (χ0n) is 13.1. The van der Waals surface area contributed by atoms with Gasteiger partial charge in [-0.25, -0.2) is 4.79 Å². The molecule has 3 rings (SSSR count). The summed E-state index contributed by atoms with van der Waals surface area (Å²) in [4.78, 5) is 48.5. The Labute approximate surface area is 151 Å². The maximum absolute atomic E-state index is 12.2. The van der Waals surface area contributed by atoms with Gasteiger partial charge in [-0.15, -0.1) is 11.8 Å². The number of hydrogen-bond donors (Lipinski definition) is 1. The first-order valence-electron chi connectivity index (χ1n) is 7.20. The Bertz CT molecular complexity index is 787. The zero-order chi connectivity index (χ0) is 18.1. The summed E-state index contributed by atoms with van der Waals surface area (Å²) in [6.07, 6.45) is 1.73. The van der Waals surface area contributed by atoms with E-state index in [0.717, 1.165) is 11.8 Å². The molecule has 2 aliphatic heterocycles. The van der Waals surface area contributed by atoms with Crippen LogP contribution in [0.1, 0.15) is 20.9 Å². The average Bonchev–Trinajstić information content (AvgIpc) is 3.12. The summed E-state index contributed by atoms with van der Waals surface area (Å²) in [6.45, 7) is 0. The molecule has 1 aromatic heterocycles. The first-order chi connectivity index (χ1) is 12.0. The van der Waals surface area contributed by atoms with Crippen LogP contribution in [-0.4, -0.2) is 58.2 Å². The smallest absolute Gasteiger partial charge is 0.354 e. The third-order valence-electron chi connectivity index (χ3n) is 3.87. The number of aldehydes is 1. The van der Waals surface area contributed by atoms with Crippen LogP contribution in [0, 0.1) is 0 Å². The van der Waals surface area contributed by atoms with Gasteiger partial charge < -0.3 is 14.9 Å². The van der Waals surface area contributed by atoms with Crippen molar-refractivity contribution in [2.45, 2.75) is 11.4 Å². The number of fused-ring (bicyclic) bond motifs is 1. The normalized spacial score (nSPS) is 22.3. The number of carbonyl (C=O) groups is 4. The van der Waals surface area contributed by atoms with Crippen molar-refractivity contribution in [3.8, 4) is 0 Å². The molecule has 1 unspecified atom stereocenters. The highest BCUT2D eigenvalue weighted by Gasteiger charge is 2.51. The van der Waals surface area contributed by atoms with Gasteiger partial charge in [-0.1, -0.05) is 11.8 Å². The van der Waals surface area contributed by atoms with Crippen molar-refractivity contribution in [3.05, 3.63) is 34.9 Å². The van der Waals surface area contributed by atoms with E-state index in [1.54, 1.807) is 0 Å². The summed E-state index contributed by atoms with van der Waals surface area (Å²) in [5.74, 6) is -0.374. The van der Waals surface area contributed by atoms with E-state index in [1.807, 2.05) is 0 Å². The molecule has 1 fully saturated rings. The Balaban J connectivity index is 1.80. The van der Waals surface area contributed by atoms with Crippen molar-refractivity contribution >= 4 is 46.8 Å². The molecule has 1 saturated heterocycles. The third-order valence-corrected chi connectivity index (χ3v) is 6.20. The highest BCUT2D eigenvalue weighted by atomic mass is 32.2. The second kappa shape index (κ2) is 7.06. The maximum atomic E-state index is 12.2. The number of esters is 1. The van der Waals surface area contributed by atoms with Crippen LogP contribution >= 0.6 is 23.5 Å². The van der Waals surface area contributed by atoms with E-state index >= 15 is 0 Å². The number of hydrogen-bond acceptors (Lipinski definition) is 9. The molecule has 8 nitrogen and oxygen atoms in total. The first-order valence-corrected chi connectivity index (χ1v) is 9.23. The molecule has 1 amide bonds. The van der Waals surface area contributed by atoms with E-state index in [2.05, 4.69) is 0 Å². The molecule has 0 radical (unpaired) electrons. The lowest BCUT2D eigenvalue weighted by molar-refractivity contribution is -0.149. The number of rotatable bonds is 5. The topological polar surface area (TPSA) is 120 Å². The molecule has 0 bridgehead atoms. The molecule has 25 heavy (non-hydrogen) atoms. The second-order valence-corrected chi connectivity index (χ2v) is 7.32. The van der Waals surface area contributed by atoms with E-state index in [4.69, 9.17) is 14.9 Å². The SMILES string of the molecule is COC(=O)C1=C(CSC(=O)c2ccoc2C=O)CS[C@H]2C(N)C(=O)N12. The standard InChI is InChI=1S/C15H14N2O6S2/c1-22-14(20)11-7(5-24-13-10(16)12(19)17(11)13)6-25-15(21)8-2-3-23-9(8)4-18/h2-4,10,13H,5-6,16H2,1H3/t10?,13-/m0/s1. The van der Waals surface area contributed by atoms with E-state index in [9.17, 15) is 19.2 Å². The molecule has 1 aromatic rings. The van der Waals surface area contributed by atoms with Crippen LogP contribution in [0.25, 0.3) is 0 Å². The van der Waals surface area contributed by atoms with Gasteiger partial charge in [0.15, 0.2) is 12.0 Å². The minimum absolute atomic E-state index is 0.0401. The van der Waals surface area contributed by atoms with Crippen molar-refractivity contribution in [2.75, 3.05) is 18.6 Å². The molecule has 2 atom stereocenters. The number of nitrogens with zero attached hydrogens (tertiary/aromatic N) is 1. The van der Waals surface area contributed by atoms with Crippen molar-refractivity contribution < 1.29 is 28.3 Å². The first kappa shape index (κ1) is 17.8. The summed E-state index contributed by atoms with van der Waals surface area (Å²) in [5.41, 5.74) is 6.69. The van der Waals surface area contributed by atoms with E-state index in [0.29, 0.717) is 17.6 Å². The summed E-state index contributed by atoms with van der Waals surface area (Å²) >= 11 is 2.36. The van der Waals surface area contributed by atoms with Crippen LogP contribution in [0.2, 0.25) is 0 Å². The minimum Gasteiger partial charge on any atom is -0.464 e. The van der Waals surface area contributed by atoms with Gasteiger partial charge in [0.25, 0.3) is 0 Å². The molecule has 2 N–H and O–H groups in total. The number of β-lactam (4-membered cyclic amide) rings is 1. The largest absolute Gasteiger partial charge is 0.464 e. The Kier molecular flexibility index (Phi) is 5.02. The molecule has 3 heterocycles. The minimum atomic E-state index is -0.637. The van der Waals surface area contributed by atoms with Crippen LogP contribution in [0.15, 0.2) is 28.0 Å². The summed E-state index contributed by atoms with van der Waals surface area (Å²) < 4.78 is 9.69. The molecule has 0 saturated carbocycles. The number of ether oxygens (including phenoxy) is 1. The molecule has 0 aromatic carbocycles. The quantitative estimate of drug-likeness (QED) is 0.444. The van der Waals surface area contributed by atoms with E-state index in [1.165, 1.54) is 36.1 Å². The van der Waals surface area contributed by atoms with Crippen molar-refractivity contribution in [1.82, 2.24) is 4.90 Å². The summed E-state index contributed by atoms with van der Waals surface area (Å²) in [6, 6.07) is 0.778. The van der Waals surface area contributed by atoms with Crippen LogP contribution in [0.3, 0.4) is 0 Å². The van der Waals surface area contributed by atoms with Gasteiger partial charge in [-0.2, -0.15) is 0 Å². The highest BCUT2D eigenvalue weighted by molar-refractivity contribution is 8.14. The Hall–Kier alpha value is -2.04. The van der Waals surface area contributed by atoms with Gasteiger partial charge in [0.05, 0.1) is 18.9 Å². The molecule has 0 aliphatic carbocycles. The fourth-order valence-corrected chi connectivity index (χ4v) is 4.88. The second-order valence-electron chi connectivity index (χ2n) is 5.27. The van der Waals surface area contributed by atoms with Crippen LogP contribution < -0.4 is 5.73 Å². The Morgan fingerprint density at radius 3 is 3.00 bits per heavy atom. The fraction of sp³-hybridized carbons (Fsp3) is 0.333. The van der Waals surface area contributed by atoms with Crippen molar-refractivity contribution in [3.63, 3.8) is 0 Å². The van der Waals surface area contributed by atoms with Crippen molar-refractivity contribution in [2.24, 2.45) is 5.73 Å². The van der Waals surface area contributed by atoms with Crippen LogP contribution in [0.4, 0.5) is 0 Å². The number of furan rings is 1. The van der Waals surface area contributed by atoms with Crippen LogP contribution in [0.5, 0.6) is 0 Å². The fourth-order valence-electron chi connectivity index (χ4n) is 2.59. The van der Waals surface area contributed by atoms with E-state index in [-0.39, 0.29) is 39.2 Å². The molecule has 0 spiro atoms. The van der Waals surface area contributed by atoms with Gasteiger partial charge in [-0.05, 0) is 11.6 Å². The average molecular weight is 382 g/mol. The molecule has 10 heteroatoms. The zero-order valence-corrected chi connectivity index (χ0v) is 14.7. The predicted molar refractivity (Wildman–Crippen MR) is 91.0 cm³/mol. The number of amides is 1.